The van der Waals surface area contributed by atoms with E-state index in [9.17, 15) is 9.59 Å². The molecule has 35 heavy (non-hydrogen) atoms. The zero-order chi connectivity index (χ0) is 24.5. The first-order valence-corrected chi connectivity index (χ1v) is 13.0. The number of amides is 1. The van der Waals surface area contributed by atoms with E-state index in [2.05, 4.69) is 30.2 Å². The first-order chi connectivity index (χ1) is 17.0. The largest absolute Gasteiger partial charge is 0.462 e. The summed E-state index contributed by atoms with van der Waals surface area (Å²) in [7, 11) is 1.87. The Labute approximate surface area is 208 Å². The minimum Gasteiger partial charge on any atom is -0.462 e. The number of hydrogen-bond acceptors (Lipinski definition) is 9. The third-order valence-electron chi connectivity index (χ3n) is 6.94. The van der Waals surface area contributed by atoms with Gasteiger partial charge in [0.15, 0.2) is 5.65 Å². The number of carbonyl (C=O) groups excluding carboxylic acids is 2. The van der Waals surface area contributed by atoms with Gasteiger partial charge in [-0.2, -0.15) is 5.10 Å². The monoisotopic (exact) mass is 497 g/mol. The highest BCUT2D eigenvalue weighted by Crippen LogP contribution is 2.38. The van der Waals surface area contributed by atoms with E-state index >= 15 is 0 Å². The molecule has 4 heterocycles. The Bertz CT molecular complexity index is 1250. The molecule has 3 aromatic rings. The molecule has 1 saturated heterocycles. The highest BCUT2D eigenvalue weighted by atomic mass is 32.1. The predicted molar refractivity (Wildman–Crippen MR) is 135 cm³/mol. The summed E-state index contributed by atoms with van der Waals surface area (Å²) in [4.78, 5) is 40.4. The van der Waals surface area contributed by atoms with Gasteiger partial charge in [-0.05, 0) is 45.1 Å². The molecule has 2 aliphatic rings. The molecule has 0 saturated carbocycles. The number of carbonyl (C=O) groups is 2. The van der Waals surface area contributed by atoms with E-state index in [0.717, 1.165) is 74.3 Å². The second kappa shape index (κ2) is 9.90. The molecule has 0 aromatic carbocycles. The molecule has 1 unspecified atom stereocenters. The second-order valence-electron chi connectivity index (χ2n) is 9.03. The summed E-state index contributed by atoms with van der Waals surface area (Å²) in [6.45, 7) is 7.00. The van der Waals surface area contributed by atoms with Crippen LogP contribution in [0, 0.1) is 0 Å². The van der Waals surface area contributed by atoms with Crippen molar-refractivity contribution in [2.45, 2.75) is 45.6 Å². The lowest BCUT2D eigenvalue weighted by molar-refractivity contribution is -0.120. The van der Waals surface area contributed by atoms with Gasteiger partial charge < -0.3 is 15.0 Å². The molecule has 0 spiro atoms. The lowest BCUT2D eigenvalue weighted by Gasteiger charge is -2.38. The predicted octanol–water partition coefficient (Wildman–Crippen LogP) is 2.63. The van der Waals surface area contributed by atoms with Gasteiger partial charge >= 0.3 is 5.97 Å². The minimum absolute atomic E-state index is 0.0979. The summed E-state index contributed by atoms with van der Waals surface area (Å²) in [6.07, 6.45) is 7.36. The lowest BCUT2D eigenvalue weighted by atomic mass is 9.95. The molecule has 1 aliphatic carbocycles. The zero-order valence-electron chi connectivity index (χ0n) is 20.4. The number of piperazine rings is 1. The molecule has 10 nitrogen and oxygen atoms in total. The maximum atomic E-state index is 13.2. The average molecular weight is 498 g/mol. The van der Waals surface area contributed by atoms with E-state index in [4.69, 9.17) is 4.74 Å². The van der Waals surface area contributed by atoms with E-state index in [1.54, 1.807) is 24.1 Å². The van der Waals surface area contributed by atoms with Crippen LogP contribution in [0.4, 0.5) is 10.8 Å². The fraction of sp³-hybridized carbons (Fsp3) is 0.542. The van der Waals surface area contributed by atoms with Crippen molar-refractivity contribution in [2.24, 2.45) is 7.05 Å². The number of aryl methyl sites for hydroxylation is 2. The van der Waals surface area contributed by atoms with Crippen LogP contribution in [0.1, 0.15) is 47.5 Å². The van der Waals surface area contributed by atoms with Crippen molar-refractivity contribution < 1.29 is 14.3 Å². The van der Waals surface area contributed by atoms with Gasteiger partial charge in [0.05, 0.1) is 29.8 Å². The maximum Gasteiger partial charge on any atom is 0.341 e. The number of rotatable bonds is 6. The Balaban J connectivity index is 1.26. The van der Waals surface area contributed by atoms with Crippen molar-refractivity contribution >= 4 is 45.1 Å². The number of esters is 1. The van der Waals surface area contributed by atoms with Crippen molar-refractivity contribution in [3.8, 4) is 0 Å². The molecule has 1 atom stereocenters. The van der Waals surface area contributed by atoms with Gasteiger partial charge in [0.1, 0.15) is 17.1 Å². The summed E-state index contributed by atoms with van der Waals surface area (Å²) in [6, 6.07) is -0.324. The van der Waals surface area contributed by atoms with Gasteiger partial charge in [0, 0.05) is 38.1 Å². The number of ether oxygens (including phenoxy) is 1. The summed E-state index contributed by atoms with van der Waals surface area (Å²) in [5, 5.41) is 8.93. The maximum absolute atomic E-state index is 13.2. The molecule has 1 fully saturated rings. The first-order valence-electron chi connectivity index (χ1n) is 12.2. The molecular weight excluding hydrogens is 466 g/mol. The molecule has 11 heteroatoms. The van der Waals surface area contributed by atoms with Crippen LogP contribution in [0.5, 0.6) is 0 Å². The first kappa shape index (κ1) is 23.7. The topological polar surface area (TPSA) is 105 Å². The number of aromatic nitrogens is 4. The molecule has 1 N–H and O–H groups in total. The van der Waals surface area contributed by atoms with Crippen LogP contribution in [0.15, 0.2) is 12.5 Å². The molecule has 186 valence electrons. The van der Waals surface area contributed by atoms with Crippen molar-refractivity contribution in [1.82, 2.24) is 24.6 Å². The van der Waals surface area contributed by atoms with Gasteiger partial charge in [-0.1, -0.05) is 0 Å². The van der Waals surface area contributed by atoms with Crippen LogP contribution >= 0.6 is 11.3 Å². The molecular formula is C24H31N7O3S. The second-order valence-corrected chi connectivity index (χ2v) is 10.1. The molecule has 1 aliphatic heterocycles. The van der Waals surface area contributed by atoms with Gasteiger partial charge in [-0.3, -0.25) is 14.4 Å². The smallest absolute Gasteiger partial charge is 0.341 e. The number of fused-ring (bicyclic) bond motifs is 2. The lowest BCUT2D eigenvalue weighted by Crippen LogP contribution is -2.53. The third kappa shape index (κ3) is 4.50. The number of nitrogens with one attached hydrogen (secondary N) is 1. The number of nitrogens with zero attached hydrogens (tertiary/aromatic N) is 6. The number of thiophene rings is 1. The van der Waals surface area contributed by atoms with Crippen LogP contribution in [0.25, 0.3) is 11.0 Å². The SMILES string of the molecule is CCOC(=O)c1c(NC(=O)C(C)N2CCN(c3ncnc4c3cnn4C)CC2)sc2c1CCCC2. The van der Waals surface area contributed by atoms with E-state index in [1.807, 2.05) is 14.0 Å². The summed E-state index contributed by atoms with van der Waals surface area (Å²) in [5.41, 5.74) is 2.42. The van der Waals surface area contributed by atoms with Gasteiger partial charge in [0.2, 0.25) is 5.91 Å². The van der Waals surface area contributed by atoms with Crippen molar-refractivity contribution in [3.63, 3.8) is 0 Å². The highest BCUT2D eigenvalue weighted by molar-refractivity contribution is 7.17. The van der Waals surface area contributed by atoms with E-state index < -0.39 is 0 Å². The van der Waals surface area contributed by atoms with Crippen LogP contribution in [-0.4, -0.2) is 75.4 Å². The molecule has 3 aromatic heterocycles. The van der Waals surface area contributed by atoms with E-state index in [0.29, 0.717) is 17.2 Å². The summed E-state index contributed by atoms with van der Waals surface area (Å²) in [5.74, 6) is 0.442. The molecule has 0 bridgehead atoms. The van der Waals surface area contributed by atoms with Crippen LogP contribution in [-0.2, 0) is 29.4 Å². The van der Waals surface area contributed by atoms with E-state index in [1.165, 1.54) is 16.2 Å². The molecule has 5 rings (SSSR count). The van der Waals surface area contributed by atoms with Gasteiger partial charge in [-0.25, -0.2) is 14.8 Å². The summed E-state index contributed by atoms with van der Waals surface area (Å²) >= 11 is 1.53. The van der Waals surface area contributed by atoms with Crippen LogP contribution in [0.2, 0.25) is 0 Å². The number of anilines is 2. The minimum atomic E-state index is -0.338. The Morgan fingerprint density at radius 3 is 2.71 bits per heavy atom. The van der Waals surface area contributed by atoms with Crippen LogP contribution < -0.4 is 10.2 Å². The fourth-order valence-corrected chi connectivity index (χ4v) is 6.26. The van der Waals surface area contributed by atoms with Gasteiger partial charge in [-0.15, -0.1) is 11.3 Å². The highest BCUT2D eigenvalue weighted by Gasteiger charge is 2.31. The molecule has 0 radical (unpaired) electrons. The number of hydrogen-bond donors (Lipinski definition) is 1. The average Bonchev–Trinajstić information content (AvgIpc) is 3.44. The van der Waals surface area contributed by atoms with Gasteiger partial charge in [0.25, 0.3) is 0 Å². The third-order valence-corrected chi connectivity index (χ3v) is 8.14. The normalized spacial score (nSPS) is 17.3. The van der Waals surface area contributed by atoms with E-state index in [-0.39, 0.29) is 17.9 Å². The van der Waals surface area contributed by atoms with Crippen molar-refractivity contribution in [1.29, 1.82) is 0 Å². The Hall–Kier alpha value is -3.05. The Morgan fingerprint density at radius 2 is 1.94 bits per heavy atom. The van der Waals surface area contributed by atoms with Crippen LogP contribution in [0.3, 0.4) is 0 Å². The van der Waals surface area contributed by atoms with Crippen molar-refractivity contribution in [2.75, 3.05) is 43.0 Å². The fourth-order valence-electron chi connectivity index (χ4n) is 4.98. The Kier molecular flexibility index (Phi) is 6.70. The standard InChI is InChI=1S/C24H31N7O3S/c1-4-34-24(33)19-16-7-5-6-8-18(16)35-23(19)28-22(32)15(2)30-9-11-31(12-10-30)21-17-13-27-29(3)20(17)25-14-26-21/h13-15H,4-12H2,1-3H3,(H,28,32). The van der Waals surface area contributed by atoms with Crippen molar-refractivity contribution in [3.05, 3.63) is 28.5 Å². The summed E-state index contributed by atoms with van der Waals surface area (Å²) < 4.78 is 7.07. The zero-order valence-corrected chi connectivity index (χ0v) is 21.2. The molecule has 1 amide bonds. The Morgan fingerprint density at radius 1 is 1.17 bits per heavy atom. The quantitative estimate of drug-likeness (QED) is 0.518.